The van der Waals surface area contributed by atoms with Gasteiger partial charge in [-0.15, -0.1) is 0 Å². The van der Waals surface area contributed by atoms with Gasteiger partial charge < -0.3 is 25.8 Å². The highest BCUT2D eigenvalue weighted by atomic mass is 19.4. The lowest BCUT2D eigenvalue weighted by Gasteiger charge is -2.36. The molecule has 12 nitrogen and oxygen atoms in total. The predicted octanol–water partition coefficient (Wildman–Crippen LogP) is 6.01. The van der Waals surface area contributed by atoms with Crippen molar-refractivity contribution in [3.63, 3.8) is 0 Å². The molecule has 0 aliphatic carbocycles. The summed E-state index contributed by atoms with van der Waals surface area (Å²) >= 11 is 0. The van der Waals surface area contributed by atoms with Crippen LogP contribution in [0.5, 0.6) is 0 Å². The van der Waals surface area contributed by atoms with E-state index < -0.39 is 35.3 Å². The second-order valence-electron chi connectivity index (χ2n) is 15.2. The third-order valence-electron chi connectivity index (χ3n) is 10.5. The van der Waals surface area contributed by atoms with E-state index in [1.165, 1.54) is 50.0 Å². The van der Waals surface area contributed by atoms with Gasteiger partial charge in [0, 0.05) is 94.3 Å². The number of aliphatic hydroxyl groups is 1. The molecule has 7 rings (SSSR count). The van der Waals surface area contributed by atoms with Crippen molar-refractivity contribution in [3.8, 4) is 22.5 Å². The number of benzene rings is 3. The minimum absolute atomic E-state index is 0.195. The van der Waals surface area contributed by atoms with Gasteiger partial charge in [0.1, 0.15) is 23.6 Å². The van der Waals surface area contributed by atoms with Crippen LogP contribution >= 0.6 is 0 Å². The molecule has 0 atom stereocenters. The number of halogens is 5. The van der Waals surface area contributed by atoms with E-state index in [9.17, 15) is 27.5 Å². The average Bonchev–Trinajstić information content (AvgIpc) is 3.64. The molecule has 0 bridgehead atoms. The topological polar surface area (TPSA) is 150 Å². The van der Waals surface area contributed by atoms with Crippen molar-refractivity contribution in [2.75, 3.05) is 70.8 Å². The molecule has 0 radical (unpaired) electrons. The molecule has 5 aromatic rings. The third kappa shape index (κ3) is 11.0. The molecule has 3 aromatic carbocycles. The molecular formula is C42H47F5N8O4. The Morgan fingerprint density at radius 3 is 2.08 bits per heavy atom. The van der Waals surface area contributed by atoms with Crippen molar-refractivity contribution >= 4 is 28.6 Å². The fourth-order valence-corrected chi connectivity index (χ4v) is 7.07. The SMILES string of the molecule is Cc1c(NC(=O)c2ccc(C(C)(C)O)cc2F)cc(F)cc1-c1ncnc2[nH]c(-c3ccc(CN4CCN(CCN5CCNCC5)CC4)cc3)cc12.O=C(O)C(F)(F)F. The number of anilines is 1. The Morgan fingerprint density at radius 2 is 1.47 bits per heavy atom. The van der Waals surface area contributed by atoms with Gasteiger partial charge in [0.2, 0.25) is 0 Å². The number of nitrogens with one attached hydrogen (secondary N) is 3. The van der Waals surface area contributed by atoms with E-state index in [0.29, 0.717) is 33.4 Å². The molecule has 314 valence electrons. The summed E-state index contributed by atoms with van der Waals surface area (Å²) in [4.78, 5) is 42.0. The number of alkyl halides is 3. The standard InChI is InChI=1S/C40H46F2N8O2.C2HF3O2/c1-26-32(21-30(41)22-35(26)47-39(51)31-9-8-29(20-34(31)42)40(2,3)52)37-33-23-36(46-38(33)45-25-44-37)28-6-4-27(5-7-28)24-50-18-16-49(17-19-50)15-14-48-12-10-43-11-13-48;3-2(4,5)1(6)7/h4-9,20-23,25,43,52H,10-19,24H2,1-3H3,(H,47,51)(H,44,45,46);(H,6,7). The maximum absolute atomic E-state index is 15.1. The number of aromatic nitrogens is 3. The Bertz CT molecular complexity index is 2260. The van der Waals surface area contributed by atoms with Crippen molar-refractivity contribution in [1.29, 1.82) is 0 Å². The quantitative estimate of drug-likeness (QED) is 0.106. The maximum atomic E-state index is 15.1. The van der Waals surface area contributed by atoms with Crippen LogP contribution in [0.25, 0.3) is 33.5 Å². The average molecular weight is 823 g/mol. The van der Waals surface area contributed by atoms with Crippen LogP contribution in [0.1, 0.15) is 40.9 Å². The van der Waals surface area contributed by atoms with Gasteiger partial charge in [-0.1, -0.05) is 30.3 Å². The van der Waals surface area contributed by atoms with Gasteiger partial charge >= 0.3 is 12.1 Å². The lowest BCUT2D eigenvalue weighted by atomic mass is 9.96. The Kier molecular flexibility index (Phi) is 13.4. The van der Waals surface area contributed by atoms with E-state index in [4.69, 9.17) is 9.90 Å². The summed E-state index contributed by atoms with van der Waals surface area (Å²) in [7, 11) is 0. The Balaban J connectivity index is 0.000000768. The van der Waals surface area contributed by atoms with Gasteiger partial charge in [0.15, 0.2) is 0 Å². The molecule has 2 saturated heterocycles. The highest BCUT2D eigenvalue weighted by molar-refractivity contribution is 6.06. The second kappa shape index (κ2) is 18.3. The number of piperazine rings is 2. The summed E-state index contributed by atoms with van der Waals surface area (Å²) in [5.41, 5.74) is 4.29. The molecule has 4 heterocycles. The smallest absolute Gasteiger partial charge is 0.475 e. The van der Waals surface area contributed by atoms with E-state index >= 15 is 4.39 Å². The number of rotatable bonds is 10. The van der Waals surface area contributed by atoms with Crippen molar-refractivity contribution in [3.05, 3.63) is 101 Å². The van der Waals surface area contributed by atoms with Gasteiger partial charge in [-0.05, 0) is 73.4 Å². The Labute approximate surface area is 338 Å². The largest absolute Gasteiger partial charge is 0.490 e. The number of nitrogens with zero attached hydrogens (tertiary/aromatic N) is 5. The summed E-state index contributed by atoms with van der Waals surface area (Å²) < 4.78 is 61.7. The number of carboxylic acid groups (broad SMARTS) is 1. The van der Waals surface area contributed by atoms with Crippen LogP contribution in [0.3, 0.4) is 0 Å². The summed E-state index contributed by atoms with van der Waals surface area (Å²) in [6, 6.07) is 17.0. The summed E-state index contributed by atoms with van der Waals surface area (Å²) in [6.07, 6.45) is -3.66. The van der Waals surface area contributed by atoms with Crippen molar-refractivity contribution < 1.29 is 41.8 Å². The number of aliphatic carboxylic acids is 1. The molecule has 2 aliphatic rings. The van der Waals surface area contributed by atoms with Crippen LogP contribution in [0.2, 0.25) is 0 Å². The van der Waals surface area contributed by atoms with Gasteiger partial charge in [-0.3, -0.25) is 19.5 Å². The Hall–Kier alpha value is -5.33. The van der Waals surface area contributed by atoms with E-state index in [-0.39, 0.29) is 11.3 Å². The molecule has 0 spiro atoms. The molecule has 2 fully saturated rings. The maximum Gasteiger partial charge on any atom is 0.490 e. The van der Waals surface area contributed by atoms with Crippen molar-refractivity contribution in [2.24, 2.45) is 0 Å². The fraction of sp³-hybridized carbons (Fsp3) is 0.381. The molecule has 2 aliphatic heterocycles. The zero-order valence-electron chi connectivity index (χ0n) is 33.0. The molecule has 59 heavy (non-hydrogen) atoms. The zero-order valence-corrected chi connectivity index (χ0v) is 33.0. The van der Waals surface area contributed by atoms with Crippen LogP contribution in [0, 0.1) is 18.6 Å². The van der Waals surface area contributed by atoms with Gasteiger partial charge in [-0.2, -0.15) is 13.2 Å². The summed E-state index contributed by atoms with van der Waals surface area (Å²) in [5, 5.41) is 24.1. The predicted molar refractivity (Wildman–Crippen MR) is 214 cm³/mol. The number of carbonyl (C=O) groups excluding carboxylic acids is 1. The summed E-state index contributed by atoms with van der Waals surface area (Å²) in [6.45, 7) is 16.8. The molecule has 2 aromatic heterocycles. The Morgan fingerprint density at radius 1 is 0.847 bits per heavy atom. The lowest BCUT2D eigenvalue weighted by molar-refractivity contribution is -0.192. The highest BCUT2D eigenvalue weighted by Crippen LogP contribution is 2.35. The normalized spacial score (nSPS) is 15.8. The number of amides is 1. The van der Waals surface area contributed by atoms with Crippen LogP contribution in [-0.2, 0) is 16.9 Å². The first-order chi connectivity index (χ1) is 28.0. The second-order valence-corrected chi connectivity index (χ2v) is 15.2. The number of hydrogen-bond acceptors (Lipinski definition) is 9. The van der Waals surface area contributed by atoms with Crippen LogP contribution in [0.4, 0.5) is 27.6 Å². The van der Waals surface area contributed by atoms with Gasteiger partial charge in [0.25, 0.3) is 5.91 Å². The minimum atomic E-state index is -5.08. The van der Waals surface area contributed by atoms with Crippen LogP contribution in [-0.4, -0.2) is 123 Å². The molecule has 1 amide bonds. The zero-order chi connectivity index (χ0) is 42.5. The van der Waals surface area contributed by atoms with Crippen LogP contribution in [0.15, 0.2) is 67.0 Å². The first kappa shape index (κ1) is 43.3. The molecule has 5 N–H and O–H groups in total. The number of carbonyl (C=O) groups is 2. The fourth-order valence-electron chi connectivity index (χ4n) is 7.07. The first-order valence-electron chi connectivity index (χ1n) is 19.2. The van der Waals surface area contributed by atoms with Crippen molar-refractivity contribution in [1.82, 2.24) is 35.0 Å². The van der Waals surface area contributed by atoms with E-state index in [1.807, 2.05) is 6.07 Å². The number of hydrogen-bond donors (Lipinski definition) is 5. The molecular weight excluding hydrogens is 776 g/mol. The third-order valence-corrected chi connectivity index (χ3v) is 10.5. The molecule has 0 unspecified atom stereocenters. The van der Waals surface area contributed by atoms with Crippen molar-refractivity contribution in [2.45, 2.75) is 39.1 Å². The number of aromatic amines is 1. The molecule has 0 saturated carbocycles. The number of carboxylic acids is 1. The summed E-state index contributed by atoms with van der Waals surface area (Å²) in [5.74, 6) is -4.86. The van der Waals surface area contributed by atoms with E-state index in [1.54, 1.807) is 6.92 Å². The molecule has 17 heteroatoms. The highest BCUT2D eigenvalue weighted by Gasteiger charge is 2.38. The monoisotopic (exact) mass is 822 g/mol. The number of H-pyrrole nitrogens is 1. The lowest BCUT2D eigenvalue weighted by Crippen LogP contribution is -2.50. The van der Waals surface area contributed by atoms with Gasteiger partial charge in [0.05, 0.1) is 16.9 Å². The minimum Gasteiger partial charge on any atom is -0.475 e. The van der Waals surface area contributed by atoms with Gasteiger partial charge in [-0.25, -0.2) is 23.5 Å². The van der Waals surface area contributed by atoms with E-state index in [0.717, 1.165) is 89.3 Å². The number of fused-ring (bicyclic) bond motifs is 1. The van der Waals surface area contributed by atoms with Crippen LogP contribution < -0.4 is 10.6 Å². The van der Waals surface area contributed by atoms with E-state index in [2.05, 4.69) is 64.6 Å². The first-order valence-corrected chi connectivity index (χ1v) is 19.2.